The van der Waals surface area contributed by atoms with Crippen LogP contribution in [0, 0.1) is 5.82 Å². The number of halogens is 1. The summed E-state index contributed by atoms with van der Waals surface area (Å²) in [5.74, 6) is -0.695. The van der Waals surface area contributed by atoms with Crippen LogP contribution in [0.25, 0.3) is 11.0 Å². The van der Waals surface area contributed by atoms with E-state index in [0.717, 1.165) is 6.20 Å². The maximum atomic E-state index is 13.2. The summed E-state index contributed by atoms with van der Waals surface area (Å²) >= 11 is 0. The number of hydrogen-bond acceptors (Lipinski definition) is 3. The van der Waals surface area contributed by atoms with Gasteiger partial charge in [0.1, 0.15) is 11.5 Å². The maximum absolute atomic E-state index is 13.2. The van der Waals surface area contributed by atoms with Gasteiger partial charge in [0.2, 0.25) is 0 Å². The van der Waals surface area contributed by atoms with Crippen LogP contribution >= 0.6 is 0 Å². The molecule has 5 heteroatoms. The summed E-state index contributed by atoms with van der Waals surface area (Å²) in [6, 6.07) is 7.96. The molecule has 0 radical (unpaired) electrons. The number of nitrogen functional groups attached to an aromatic ring is 1. The number of anilines is 1. The number of aromatic nitrogens is 2. The summed E-state index contributed by atoms with van der Waals surface area (Å²) in [7, 11) is 0. The fourth-order valence-corrected chi connectivity index (χ4v) is 2.00. The zero-order chi connectivity index (χ0) is 13.4. The van der Waals surface area contributed by atoms with Gasteiger partial charge in [-0.05, 0) is 18.2 Å². The molecule has 0 unspecified atom stereocenters. The van der Waals surface area contributed by atoms with E-state index in [1.165, 1.54) is 12.3 Å². The van der Waals surface area contributed by atoms with Gasteiger partial charge in [-0.1, -0.05) is 12.1 Å². The van der Waals surface area contributed by atoms with Crippen molar-refractivity contribution in [3.63, 3.8) is 0 Å². The van der Waals surface area contributed by atoms with Crippen molar-refractivity contribution in [3.8, 4) is 0 Å². The zero-order valence-corrected chi connectivity index (χ0v) is 9.85. The Labute approximate surface area is 108 Å². The first-order chi connectivity index (χ1) is 9.15. The summed E-state index contributed by atoms with van der Waals surface area (Å²) in [4.78, 5) is 19.1. The van der Waals surface area contributed by atoms with Gasteiger partial charge in [0.25, 0.3) is 0 Å². The third-order valence-corrected chi connectivity index (χ3v) is 2.89. The molecule has 2 aromatic heterocycles. The fraction of sp³-hybridized carbons (Fsp3) is 0. The van der Waals surface area contributed by atoms with Crippen molar-refractivity contribution < 1.29 is 9.18 Å². The van der Waals surface area contributed by atoms with Gasteiger partial charge in [-0.3, -0.25) is 4.79 Å². The van der Waals surface area contributed by atoms with Gasteiger partial charge < -0.3 is 10.7 Å². The number of nitrogens with two attached hydrogens (primary N) is 1. The second-order valence-electron chi connectivity index (χ2n) is 4.21. The fourth-order valence-electron chi connectivity index (χ4n) is 2.00. The Morgan fingerprint density at radius 2 is 2.16 bits per heavy atom. The van der Waals surface area contributed by atoms with E-state index in [-0.39, 0.29) is 5.78 Å². The van der Waals surface area contributed by atoms with Crippen molar-refractivity contribution in [1.29, 1.82) is 0 Å². The molecule has 3 rings (SSSR count). The Balaban J connectivity index is 2.14. The number of carbonyl (C=O) groups excluding carboxylic acids is 1. The van der Waals surface area contributed by atoms with E-state index in [9.17, 15) is 9.18 Å². The SMILES string of the molecule is Nc1cccc(C(=O)c2c[nH]c3ncc(F)cc23)c1. The van der Waals surface area contributed by atoms with Crippen molar-refractivity contribution in [2.24, 2.45) is 0 Å². The van der Waals surface area contributed by atoms with Crippen LogP contribution in [0.1, 0.15) is 15.9 Å². The average molecular weight is 255 g/mol. The van der Waals surface area contributed by atoms with E-state index >= 15 is 0 Å². The number of benzene rings is 1. The van der Waals surface area contributed by atoms with Gasteiger partial charge in [0, 0.05) is 28.4 Å². The number of nitrogens with zero attached hydrogens (tertiary/aromatic N) is 1. The molecule has 3 aromatic rings. The highest BCUT2D eigenvalue weighted by atomic mass is 19.1. The van der Waals surface area contributed by atoms with Crippen molar-refractivity contribution in [1.82, 2.24) is 9.97 Å². The Morgan fingerprint density at radius 3 is 2.95 bits per heavy atom. The lowest BCUT2D eigenvalue weighted by molar-refractivity contribution is 0.104. The van der Waals surface area contributed by atoms with Gasteiger partial charge in [-0.15, -0.1) is 0 Å². The molecule has 94 valence electrons. The van der Waals surface area contributed by atoms with Gasteiger partial charge in [0.15, 0.2) is 5.78 Å². The number of aromatic amines is 1. The van der Waals surface area contributed by atoms with Crippen LogP contribution in [0.5, 0.6) is 0 Å². The van der Waals surface area contributed by atoms with E-state index in [0.29, 0.717) is 27.8 Å². The Bertz CT molecular complexity index is 779. The maximum Gasteiger partial charge on any atom is 0.195 e. The molecular formula is C14H10FN3O. The lowest BCUT2D eigenvalue weighted by Gasteiger charge is -2.01. The number of hydrogen-bond donors (Lipinski definition) is 2. The standard InChI is InChI=1S/C14H10FN3O/c15-9-5-11-12(7-18-14(11)17-6-9)13(19)8-2-1-3-10(16)4-8/h1-7H,16H2,(H,17,18). The van der Waals surface area contributed by atoms with Crippen LogP contribution < -0.4 is 5.73 Å². The van der Waals surface area contributed by atoms with Crippen LogP contribution in [0.15, 0.2) is 42.7 Å². The summed E-state index contributed by atoms with van der Waals surface area (Å²) < 4.78 is 13.2. The lowest BCUT2D eigenvalue weighted by atomic mass is 10.0. The molecular weight excluding hydrogens is 245 g/mol. The first-order valence-corrected chi connectivity index (χ1v) is 5.68. The quantitative estimate of drug-likeness (QED) is 0.546. The lowest BCUT2D eigenvalue weighted by Crippen LogP contribution is -2.01. The van der Waals surface area contributed by atoms with Crippen LogP contribution in [0.3, 0.4) is 0 Å². The Kier molecular flexibility index (Phi) is 2.52. The minimum Gasteiger partial charge on any atom is -0.399 e. The third-order valence-electron chi connectivity index (χ3n) is 2.89. The second kappa shape index (κ2) is 4.20. The zero-order valence-electron chi connectivity index (χ0n) is 9.85. The molecule has 0 atom stereocenters. The first kappa shape index (κ1) is 11.4. The predicted octanol–water partition coefficient (Wildman–Crippen LogP) is 2.52. The molecule has 0 bridgehead atoms. The summed E-state index contributed by atoms with van der Waals surface area (Å²) in [6.45, 7) is 0. The highest BCUT2D eigenvalue weighted by molar-refractivity contribution is 6.16. The van der Waals surface area contributed by atoms with E-state index in [4.69, 9.17) is 5.73 Å². The molecule has 0 fully saturated rings. The van der Waals surface area contributed by atoms with Crippen LogP contribution in [0.2, 0.25) is 0 Å². The molecule has 0 aliphatic carbocycles. The van der Waals surface area contributed by atoms with E-state index < -0.39 is 5.82 Å². The van der Waals surface area contributed by atoms with Crippen LogP contribution in [0.4, 0.5) is 10.1 Å². The molecule has 0 aliphatic rings. The van der Waals surface area contributed by atoms with E-state index in [2.05, 4.69) is 9.97 Å². The monoisotopic (exact) mass is 255 g/mol. The van der Waals surface area contributed by atoms with Gasteiger partial charge in [-0.25, -0.2) is 9.37 Å². The summed E-state index contributed by atoms with van der Waals surface area (Å²) in [6.07, 6.45) is 2.64. The number of pyridine rings is 1. The normalized spacial score (nSPS) is 10.8. The van der Waals surface area contributed by atoms with Crippen LogP contribution in [-0.4, -0.2) is 15.8 Å². The highest BCUT2D eigenvalue weighted by Gasteiger charge is 2.15. The molecule has 0 saturated carbocycles. The largest absolute Gasteiger partial charge is 0.399 e. The molecule has 0 spiro atoms. The van der Waals surface area contributed by atoms with Gasteiger partial charge in [-0.2, -0.15) is 0 Å². The number of rotatable bonds is 2. The predicted molar refractivity (Wildman–Crippen MR) is 70.3 cm³/mol. The Hall–Kier alpha value is -2.69. The second-order valence-corrected chi connectivity index (χ2v) is 4.21. The molecule has 2 heterocycles. The van der Waals surface area contributed by atoms with E-state index in [1.54, 1.807) is 24.3 Å². The van der Waals surface area contributed by atoms with Crippen molar-refractivity contribution >= 4 is 22.5 Å². The smallest absolute Gasteiger partial charge is 0.195 e. The van der Waals surface area contributed by atoms with Crippen molar-refractivity contribution in [2.45, 2.75) is 0 Å². The molecule has 19 heavy (non-hydrogen) atoms. The minimum absolute atomic E-state index is 0.217. The average Bonchev–Trinajstić information content (AvgIpc) is 2.80. The molecule has 3 N–H and O–H groups in total. The van der Waals surface area contributed by atoms with Crippen molar-refractivity contribution in [3.05, 3.63) is 59.7 Å². The van der Waals surface area contributed by atoms with Crippen LogP contribution in [-0.2, 0) is 0 Å². The number of ketones is 1. The number of H-pyrrole nitrogens is 1. The van der Waals surface area contributed by atoms with Gasteiger partial charge in [0.05, 0.1) is 6.20 Å². The minimum atomic E-state index is -0.478. The molecule has 0 amide bonds. The highest BCUT2D eigenvalue weighted by Crippen LogP contribution is 2.21. The number of nitrogens with one attached hydrogen (secondary N) is 1. The Morgan fingerprint density at radius 1 is 1.32 bits per heavy atom. The van der Waals surface area contributed by atoms with Crippen molar-refractivity contribution in [2.75, 3.05) is 5.73 Å². The molecule has 0 saturated heterocycles. The molecule has 4 nitrogen and oxygen atoms in total. The molecule has 0 aliphatic heterocycles. The van der Waals surface area contributed by atoms with Gasteiger partial charge >= 0.3 is 0 Å². The number of carbonyl (C=O) groups is 1. The summed E-state index contributed by atoms with van der Waals surface area (Å²) in [5, 5.41) is 0.465. The topological polar surface area (TPSA) is 71.8 Å². The summed E-state index contributed by atoms with van der Waals surface area (Å²) in [5.41, 5.74) is 7.49. The van der Waals surface area contributed by atoms with E-state index in [1.807, 2.05) is 0 Å². The number of fused-ring (bicyclic) bond motifs is 1. The first-order valence-electron chi connectivity index (χ1n) is 5.68. The molecule has 1 aromatic carbocycles. The third kappa shape index (κ3) is 1.95.